The number of aryl methyl sites for hydroxylation is 1. The molecule has 2 aromatic rings. The van der Waals surface area contributed by atoms with Crippen molar-refractivity contribution in [1.82, 2.24) is 14.5 Å². The molecule has 3 heterocycles. The summed E-state index contributed by atoms with van der Waals surface area (Å²) in [4.78, 5) is 34.0. The van der Waals surface area contributed by atoms with Crippen LogP contribution in [0.15, 0.2) is 48.6 Å². The molecule has 2 bridgehead atoms. The van der Waals surface area contributed by atoms with Gasteiger partial charge in [0.1, 0.15) is 17.1 Å². The zero-order valence-electron chi connectivity index (χ0n) is 36.5. The molecule has 3 fully saturated rings. The quantitative estimate of drug-likeness (QED) is 0.186. The first-order valence-corrected chi connectivity index (χ1v) is 24.8. The minimum atomic E-state index is -3.01. The summed E-state index contributed by atoms with van der Waals surface area (Å²) in [5.74, 6) is 4.26. The molecular weight excluding hydrogens is 811 g/mol. The van der Waals surface area contributed by atoms with Crippen molar-refractivity contribution in [3.05, 3.63) is 70.3 Å². The van der Waals surface area contributed by atoms with Crippen LogP contribution in [-0.2, 0) is 31.1 Å². The summed E-state index contributed by atoms with van der Waals surface area (Å²) in [5, 5.41) is 20.4. The Hall–Kier alpha value is -2.91. The van der Waals surface area contributed by atoms with E-state index >= 15 is 0 Å². The molecule has 6 aliphatic rings. The molecule has 0 aromatic heterocycles. The Bertz CT molecular complexity index is 2100. The number of hydrogen-bond donors (Lipinski definition) is 3. The van der Waals surface area contributed by atoms with Crippen LogP contribution in [0.2, 0.25) is 10.8 Å². The lowest BCUT2D eigenvalue weighted by Gasteiger charge is -2.52. The van der Waals surface area contributed by atoms with E-state index in [4.69, 9.17) is 21.1 Å². The van der Waals surface area contributed by atoms with Crippen LogP contribution < -0.4 is 14.4 Å². The molecule has 332 valence electrons. The van der Waals surface area contributed by atoms with Crippen molar-refractivity contribution in [2.24, 2.45) is 23.7 Å². The second-order valence-electron chi connectivity index (χ2n) is 19.4. The molecule has 10 atom stereocenters. The molecule has 0 radical (unpaired) electrons. The molecule has 4 unspecified atom stereocenters. The molecule has 1 saturated heterocycles. The number of amides is 1. The summed E-state index contributed by atoms with van der Waals surface area (Å²) in [6.07, 6.45) is 12.4. The average molecular weight is 877 g/mol. The number of halogens is 1. The summed E-state index contributed by atoms with van der Waals surface area (Å²) in [5.41, 5.74) is 3.04. The highest BCUT2D eigenvalue weighted by molar-refractivity contribution is 7.99. The lowest BCUT2D eigenvalue weighted by Crippen LogP contribution is -2.60. The summed E-state index contributed by atoms with van der Waals surface area (Å²) in [6.45, 7) is 11.8. The van der Waals surface area contributed by atoms with Crippen LogP contribution in [-0.4, -0.2) is 125 Å². The van der Waals surface area contributed by atoms with Crippen molar-refractivity contribution in [2.75, 3.05) is 64.4 Å². The van der Waals surface area contributed by atoms with Crippen molar-refractivity contribution >= 4 is 51.7 Å². The standard InChI is InChI=1S/C47H66BClN4O7S/c1-31-8-6-19-47(59-4,29-51-20-22-52(23-21-51)38-13-16-42(48(56)57)39(26-38)32(2)54)41-14-10-36(41)27-53-28-46(18-7-9-34-24-37(49)12-15-40(34)46)30-60-44-17-11-35(25-43(44)53)45(55)50-61(5,58)33(31)3/h6,11-12,15,17,19,24-25,31,33,36,38-39,41-42,56-57H,5,7-10,13-14,16,18,20-23,26-30H2,1-4H3,(H,50,55,58)/b19-6+/t31-,33+,36-,38?,39?,41+,42?,46-,47+,61?/m0/s1. The van der Waals surface area contributed by atoms with Gasteiger partial charge in [0.25, 0.3) is 5.91 Å². The van der Waals surface area contributed by atoms with Crippen LogP contribution in [0, 0.1) is 23.7 Å². The second-order valence-corrected chi connectivity index (χ2v) is 22.3. The van der Waals surface area contributed by atoms with Crippen LogP contribution in [0.1, 0.15) is 93.6 Å². The average Bonchev–Trinajstić information content (AvgIpc) is 3.37. The minimum Gasteiger partial charge on any atom is -0.490 e. The fourth-order valence-electron chi connectivity index (χ4n) is 11.9. The van der Waals surface area contributed by atoms with Gasteiger partial charge in [-0.3, -0.25) is 24.1 Å². The first-order valence-electron chi connectivity index (χ1n) is 22.7. The number of hydrogen-bond acceptors (Lipinski definition) is 10. The molecule has 3 N–H and O–H groups in total. The van der Waals surface area contributed by atoms with Crippen molar-refractivity contribution in [2.45, 2.75) is 107 Å². The number of nitrogens with one attached hydrogen (secondary N) is 1. The van der Waals surface area contributed by atoms with Gasteiger partial charge in [0.15, 0.2) is 0 Å². The summed E-state index contributed by atoms with van der Waals surface area (Å²) in [7, 11) is -2.62. The number of nitrogens with zero attached hydrogens (tertiary/aromatic N) is 3. The Morgan fingerprint density at radius 3 is 2.59 bits per heavy atom. The van der Waals surface area contributed by atoms with Gasteiger partial charge in [-0.15, -0.1) is 0 Å². The highest BCUT2D eigenvalue weighted by Crippen LogP contribution is 2.49. The number of anilines is 1. The van der Waals surface area contributed by atoms with Crippen LogP contribution in [0.5, 0.6) is 5.75 Å². The number of ketones is 1. The predicted octanol–water partition coefficient (Wildman–Crippen LogP) is 5.79. The Balaban J connectivity index is 1.10. The van der Waals surface area contributed by atoms with E-state index in [0.717, 1.165) is 101 Å². The zero-order valence-corrected chi connectivity index (χ0v) is 38.1. The Kier molecular flexibility index (Phi) is 13.1. The Morgan fingerprint density at radius 2 is 1.89 bits per heavy atom. The van der Waals surface area contributed by atoms with E-state index in [2.05, 4.69) is 56.5 Å². The number of piperazine rings is 1. The van der Waals surface area contributed by atoms with Gasteiger partial charge in [0.2, 0.25) is 0 Å². The second kappa shape index (κ2) is 17.9. The van der Waals surface area contributed by atoms with Crippen molar-refractivity contribution < 1.29 is 33.3 Å². The van der Waals surface area contributed by atoms with Crippen LogP contribution >= 0.6 is 11.6 Å². The molecule has 11 nitrogen and oxygen atoms in total. The largest absolute Gasteiger partial charge is 0.490 e. The number of carbonyl (C=O) groups is 2. The van der Waals surface area contributed by atoms with Crippen LogP contribution in [0.25, 0.3) is 0 Å². The Labute approximate surface area is 368 Å². The van der Waals surface area contributed by atoms with Crippen molar-refractivity contribution in [1.29, 1.82) is 0 Å². The monoisotopic (exact) mass is 876 g/mol. The number of allylic oxidation sites excluding steroid dienone is 1. The molecule has 14 heteroatoms. The van der Waals surface area contributed by atoms with Gasteiger partial charge < -0.3 is 24.4 Å². The van der Waals surface area contributed by atoms with Gasteiger partial charge in [-0.05, 0) is 137 Å². The molecule has 1 spiro atoms. The Morgan fingerprint density at radius 1 is 1.10 bits per heavy atom. The van der Waals surface area contributed by atoms with Gasteiger partial charge in [-0.2, -0.15) is 0 Å². The number of carbonyl (C=O) groups excluding carboxylic acids is 2. The van der Waals surface area contributed by atoms with E-state index in [9.17, 15) is 23.8 Å². The fraction of sp³-hybridized carbons (Fsp3) is 0.638. The maximum atomic E-state index is 14.2. The maximum Gasteiger partial charge on any atom is 0.455 e. The van der Waals surface area contributed by atoms with Gasteiger partial charge in [-0.1, -0.05) is 36.7 Å². The van der Waals surface area contributed by atoms with E-state index in [0.29, 0.717) is 37.4 Å². The van der Waals surface area contributed by atoms with Crippen LogP contribution in [0.3, 0.4) is 0 Å². The zero-order chi connectivity index (χ0) is 43.3. The fourth-order valence-corrected chi connectivity index (χ4v) is 13.5. The summed E-state index contributed by atoms with van der Waals surface area (Å²) < 4.78 is 30.6. The van der Waals surface area contributed by atoms with Gasteiger partial charge in [-0.25, -0.2) is 4.21 Å². The number of Topliss-reactive ketones (excluding diaryl/α,β-unsaturated/α-hetero) is 1. The number of rotatable bonds is 6. The smallest absolute Gasteiger partial charge is 0.455 e. The van der Waals surface area contributed by atoms with E-state index in [-0.39, 0.29) is 40.2 Å². The number of fused-ring (bicyclic) bond motifs is 4. The first-order chi connectivity index (χ1) is 29.1. The third kappa shape index (κ3) is 8.96. The lowest BCUT2D eigenvalue weighted by molar-refractivity contribution is -0.123. The van der Waals surface area contributed by atoms with E-state index in [1.165, 1.54) is 11.1 Å². The number of methoxy groups -OCH3 is 1. The summed E-state index contributed by atoms with van der Waals surface area (Å²) in [6, 6.07) is 12.2. The highest BCUT2D eigenvalue weighted by Gasteiger charge is 2.50. The van der Waals surface area contributed by atoms with Crippen molar-refractivity contribution in [3.8, 4) is 5.75 Å². The van der Waals surface area contributed by atoms with Gasteiger partial charge in [0, 0.05) is 92.0 Å². The number of ether oxygens (including phenoxy) is 2. The normalized spacial score (nSPS) is 36.7. The minimum absolute atomic E-state index is 0.0222. The topological polar surface area (TPSA) is 132 Å². The molecular formula is C47H66BClN4O7S. The predicted molar refractivity (Wildman–Crippen MR) is 245 cm³/mol. The molecule has 8 rings (SSSR count). The maximum absolute atomic E-state index is 14.2. The molecule has 3 aliphatic carbocycles. The molecule has 2 saturated carbocycles. The first kappa shape index (κ1) is 44.7. The molecule has 2 aromatic carbocycles. The van der Waals surface area contributed by atoms with Gasteiger partial charge >= 0.3 is 7.12 Å². The van der Waals surface area contributed by atoms with Crippen molar-refractivity contribution in [3.63, 3.8) is 0 Å². The van der Waals surface area contributed by atoms with Crippen LogP contribution in [0.4, 0.5) is 5.69 Å². The molecule has 1 amide bonds. The molecule has 61 heavy (non-hydrogen) atoms. The lowest BCUT2D eigenvalue weighted by atomic mass is 9.58. The SMILES string of the molecule is C=S1(=O)NC(=O)c2ccc3c(c2)N(C[C@@H]2CC[C@H]2[C@@](CN2CCN(C4CCC(B(O)O)C(C(C)=O)C4)CC2)(OC)/C=C/C[C@H](C)[C@H]1C)C[C@@]1(CCCc2cc(Cl)ccc21)CO3. The number of benzene rings is 2. The van der Waals surface area contributed by atoms with Gasteiger partial charge in [0.05, 0.1) is 22.0 Å². The van der Waals surface area contributed by atoms with E-state index in [1.54, 1.807) is 13.0 Å². The summed E-state index contributed by atoms with van der Waals surface area (Å²) >= 11 is 6.54. The molecule has 3 aliphatic heterocycles. The third-order valence-corrected chi connectivity index (χ3v) is 18.4. The van der Waals surface area contributed by atoms with E-state index in [1.807, 2.05) is 32.2 Å². The van der Waals surface area contributed by atoms with E-state index < -0.39 is 34.2 Å². The third-order valence-electron chi connectivity index (χ3n) is 15.9. The highest BCUT2D eigenvalue weighted by atomic mass is 35.5.